The molecule has 0 saturated heterocycles. The van der Waals surface area contributed by atoms with E-state index in [4.69, 9.17) is 18.9 Å². The molecule has 0 aliphatic rings. The zero-order valence-corrected chi connectivity index (χ0v) is 61.5. The number of carboxylic acids is 1. The quantitative estimate of drug-likeness (QED) is 0.0195. The summed E-state index contributed by atoms with van der Waals surface area (Å²) in [6, 6.07) is 0. The molecule has 0 aromatic rings. The standard InChI is InChI=1S/C86H141NO8/c1-6-8-10-12-14-16-18-20-22-24-26-28-30-32-34-36-38-39-40-41-42-43-44-45-47-49-51-53-55-57-59-61-63-65-67-69-71-73-75-77-84(89)95-82(81-94-86(85(90)91)92-79-78-87(3,4)5)80-93-83(88)76-74-72-70-68-66-64-62-60-58-56-54-52-50-48-46-37-35-33-31-29-27-25-23-21-19-17-15-13-11-9-7-2/h8,10,14,16,19-22,25-28,31-34,38-39,41-42,44-45,49,51,55,57,61,63,82,86H,6-7,9,11-13,15,17-18,23-24,29-30,35-37,40,43,46-48,50,52-54,56,58-60,62,64-81H2,1-5H3/b10-8-,16-14-,21-19-,22-20-,27-25-,28-26-,33-31-,34-32-,39-38-,42-41-,45-44-,51-49-,57-55-,63-61-. The van der Waals surface area contributed by atoms with Gasteiger partial charge < -0.3 is 33.3 Å². The van der Waals surface area contributed by atoms with Crippen LogP contribution in [0.15, 0.2) is 170 Å². The van der Waals surface area contributed by atoms with E-state index in [0.29, 0.717) is 17.4 Å². The van der Waals surface area contributed by atoms with E-state index in [2.05, 4.69) is 184 Å². The normalized spacial score (nSPS) is 13.7. The Labute approximate surface area is 584 Å². The number of hydrogen-bond donors (Lipinski definition) is 0. The van der Waals surface area contributed by atoms with Crippen molar-refractivity contribution in [3.05, 3.63) is 170 Å². The van der Waals surface area contributed by atoms with E-state index in [1.807, 2.05) is 21.1 Å². The van der Waals surface area contributed by atoms with Crippen LogP contribution in [0.1, 0.15) is 296 Å². The van der Waals surface area contributed by atoms with E-state index < -0.39 is 24.3 Å². The van der Waals surface area contributed by atoms with Crippen molar-refractivity contribution in [3.8, 4) is 0 Å². The van der Waals surface area contributed by atoms with Gasteiger partial charge in [-0.25, -0.2) is 0 Å². The van der Waals surface area contributed by atoms with Gasteiger partial charge in [0, 0.05) is 12.8 Å². The number of quaternary nitrogens is 1. The minimum atomic E-state index is -1.64. The zero-order chi connectivity index (χ0) is 69.0. The molecule has 0 fully saturated rings. The molecule has 0 aromatic carbocycles. The van der Waals surface area contributed by atoms with Crippen molar-refractivity contribution in [2.75, 3.05) is 47.5 Å². The lowest BCUT2D eigenvalue weighted by Gasteiger charge is -2.26. The number of esters is 2. The van der Waals surface area contributed by atoms with Crippen LogP contribution < -0.4 is 5.11 Å². The Kier molecular flexibility index (Phi) is 70.2. The minimum Gasteiger partial charge on any atom is -0.545 e. The first-order valence-electron chi connectivity index (χ1n) is 38.3. The highest BCUT2D eigenvalue weighted by atomic mass is 16.7. The molecule has 0 bridgehead atoms. The molecule has 0 aromatic heterocycles. The fourth-order valence-electron chi connectivity index (χ4n) is 10.1. The van der Waals surface area contributed by atoms with Crippen LogP contribution in [0.4, 0.5) is 0 Å². The third-order valence-corrected chi connectivity index (χ3v) is 15.9. The maximum Gasteiger partial charge on any atom is 0.306 e. The van der Waals surface area contributed by atoms with Crippen molar-refractivity contribution in [2.24, 2.45) is 0 Å². The monoisotopic (exact) mass is 1320 g/mol. The van der Waals surface area contributed by atoms with Gasteiger partial charge in [0.25, 0.3) is 0 Å². The highest BCUT2D eigenvalue weighted by Crippen LogP contribution is 2.17. The predicted molar refractivity (Wildman–Crippen MR) is 407 cm³/mol. The van der Waals surface area contributed by atoms with E-state index in [1.54, 1.807) is 0 Å². The van der Waals surface area contributed by atoms with E-state index in [9.17, 15) is 19.5 Å². The largest absolute Gasteiger partial charge is 0.545 e. The first-order valence-corrected chi connectivity index (χ1v) is 38.3. The molecule has 0 aliphatic heterocycles. The summed E-state index contributed by atoms with van der Waals surface area (Å²) in [7, 11) is 5.92. The fraction of sp³-hybridized carbons (Fsp3) is 0.640. The van der Waals surface area contributed by atoms with E-state index in [1.165, 1.54) is 128 Å². The lowest BCUT2D eigenvalue weighted by atomic mass is 10.0. The van der Waals surface area contributed by atoms with Crippen molar-refractivity contribution < 1.29 is 42.9 Å². The number of allylic oxidation sites excluding steroid dienone is 28. The lowest BCUT2D eigenvalue weighted by Crippen LogP contribution is -2.44. The number of unbranched alkanes of at least 4 members (excludes halogenated alkanes) is 26. The average Bonchev–Trinajstić information content (AvgIpc) is 2.92. The number of ether oxygens (including phenoxy) is 4. The van der Waals surface area contributed by atoms with Gasteiger partial charge in [-0.05, 0) is 135 Å². The number of nitrogens with zero attached hydrogens (tertiary/aromatic N) is 1. The van der Waals surface area contributed by atoms with Crippen LogP contribution in [-0.4, -0.2) is 82.3 Å². The van der Waals surface area contributed by atoms with Gasteiger partial charge in [-0.2, -0.15) is 0 Å². The first-order chi connectivity index (χ1) is 46.6. The molecule has 95 heavy (non-hydrogen) atoms. The van der Waals surface area contributed by atoms with Crippen molar-refractivity contribution in [1.29, 1.82) is 0 Å². The molecule has 9 nitrogen and oxygen atoms in total. The molecule has 0 amide bonds. The van der Waals surface area contributed by atoms with Crippen LogP contribution >= 0.6 is 0 Å². The summed E-state index contributed by atoms with van der Waals surface area (Å²) in [5.74, 6) is -2.32. The molecule has 0 spiro atoms. The molecule has 0 heterocycles. The summed E-state index contributed by atoms with van der Waals surface area (Å²) < 4.78 is 22.8. The van der Waals surface area contributed by atoms with Crippen LogP contribution in [0, 0.1) is 0 Å². The third kappa shape index (κ3) is 75.9. The van der Waals surface area contributed by atoms with Gasteiger partial charge >= 0.3 is 11.9 Å². The average molecular weight is 1320 g/mol. The Morgan fingerprint density at radius 2 is 0.600 bits per heavy atom. The fourth-order valence-corrected chi connectivity index (χ4v) is 10.1. The van der Waals surface area contributed by atoms with Crippen LogP contribution in [0.2, 0.25) is 0 Å². The number of aliphatic carboxylic acids is 1. The highest BCUT2D eigenvalue weighted by molar-refractivity contribution is 5.70. The van der Waals surface area contributed by atoms with Crippen LogP contribution in [0.5, 0.6) is 0 Å². The second kappa shape index (κ2) is 74.4. The van der Waals surface area contributed by atoms with Gasteiger partial charge in [0.15, 0.2) is 12.4 Å². The topological polar surface area (TPSA) is 111 Å². The Hall–Kier alpha value is -5.35. The number of likely N-dealkylation sites (N-methyl/N-ethyl adjacent to an activating group) is 1. The van der Waals surface area contributed by atoms with E-state index >= 15 is 0 Å². The maximum absolute atomic E-state index is 13.0. The number of carbonyl (C=O) groups is 3. The number of rotatable bonds is 69. The zero-order valence-electron chi connectivity index (χ0n) is 61.5. The highest BCUT2D eigenvalue weighted by Gasteiger charge is 2.22. The van der Waals surface area contributed by atoms with Crippen molar-refractivity contribution in [3.63, 3.8) is 0 Å². The van der Waals surface area contributed by atoms with Gasteiger partial charge in [0.1, 0.15) is 13.2 Å². The molecular formula is C86H141NO8. The molecule has 2 atom stereocenters. The van der Waals surface area contributed by atoms with Gasteiger partial charge in [-0.3, -0.25) is 9.59 Å². The van der Waals surface area contributed by atoms with Gasteiger partial charge in [-0.15, -0.1) is 0 Å². The van der Waals surface area contributed by atoms with E-state index in [0.717, 1.165) is 135 Å². The van der Waals surface area contributed by atoms with Gasteiger partial charge in [0.2, 0.25) is 0 Å². The summed E-state index contributed by atoms with van der Waals surface area (Å²) in [6.07, 6.45) is 109. The summed E-state index contributed by atoms with van der Waals surface area (Å²) in [5.41, 5.74) is 0. The Morgan fingerprint density at radius 1 is 0.326 bits per heavy atom. The first kappa shape index (κ1) is 89.6. The van der Waals surface area contributed by atoms with Crippen LogP contribution in [0.25, 0.3) is 0 Å². The van der Waals surface area contributed by atoms with Crippen LogP contribution in [-0.2, 0) is 33.3 Å². The number of carboxylic acid groups (broad SMARTS) is 1. The molecule has 538 valence electrons. The van der Waals surface area contributed by atoms with Gasteiger partial charge in [0.05, 0.1) is 40.3 Å². The summed E-state index contributed by atoms with van der Waals surface area (Å²) in [4.78, 5) is 37.6. The Balaban J connectivity index is 4.18. The molecular weight excluding hydrogens is 1170 g/mol. The molecule has 2 unspecified atom stereocenters. The second-order valence-corrected chi connectivity index (χ2v) is 26.2. The molecule has 0 N–H and O–H groups in total. The predicted octanol–water partition coefficient (Wildman–Crippen LogP) is 23.2. The van der Waals surface area contributed by atoms with Crippen molar-refractivity contribution >= 4 is 17.9 Å². The Bertz CT molecular complexity index is 2170. The molecule has 0 rings (SSSR count). The van der Waals surface area contributed by atoms with E-state index in [-0.39, 0.29) is 38.6 Å². The summed E-state index contributed by atoms with van der Waals surface area (Å²) in [6.45, 7) is 4.60. The maximum atomic E-state index is 13.0. The molecule has 9 heteroatoms. The summed E-state index contributed by atoms with van der Waals surface area (Å²) in [5, 5.41) is 11.9. The molecule has 0 saturated carbocycles. The number of carbonyl (C=O) groups excluding carboxylic acids is 3. The van der Waals surface area contributed by atoms with Crippen LogP contribution in [0.3, 0.4) is 0 Å². The molecule has 0 radical (unpaired) electrons. The SMILES string of the molecule is CC/C=C\C/C=C\C/C=C\C/C=C\C/C=C\C/C=C\C/C=C\C/C=C\C/C=C\C/C=C\C/C=C\CCCCCCCC(=O)OC(COC(=O)CCCCCCCCCCCCCCCCCC/C=C\C/C=C\C/C=C\CCCCCCC)COC(OCC[N+](C)(C)C)C(=O)[O-]. The second-order valence-electron chi connectivity index (χ2n) is 26.2. The molecule has 0 aliphatic carbocycles. The Morgan fingerprint density at radius 3 is 0.895 bits per heavy atom. The smallest absolute Gasteiger partial charge is 0.306 e. The van der Waals surface area contributed by atoms with Crippen molar-refractivity contribution in [2.45, 2.75) is 309 Å². The summed E-state index contributed by atoms with van der Waals surface area (Å²) >= 11 is 0. The third-order valence-electron chi connectivity index (χ3n) is 15.9. The number of hydrogen-bond acceptors (Lipinski definition) is 8. The minimum absolute atomic E-state index is 0.136. The lowest BCUT2D eigenvalue weighted by molar-refractivity contribution is -0.870. The van der Waals surface area contributed by atoms with Crippen molar-refractivity contribution in [1.82, 2.24) is 0 Å². The van der Waals surface area contributed by atoms with Gasteiger partial charge in [-0.1, -0.05) is 319 Å².